The number of likely N-dealkylation sites (tertiary alicyclic amines) is 1. The van der Waals surface area contributed by atoms with E-state index in [0.29, 0.717) is 0 Å². The Morgan fingerprint density at radius 3 is 2.33 bits per heavy atom. The first-order chi connectivity index (χ1) is 9.58. The summed E-state index contributed by atoms with van der Waals surface area (Å²) in [6.45, 7) is 8.02. The van der Waals surface area contributed by atoms with Gasteiger partial charge in [0.1, 0.15) is 11.5 Å². The lowest BCUT2D eigenvalue weighted by molar-refractivity contribution is -0.156. The van der Waals surface area contributed by atoms with Crippen LogP contribution in [0.3, 0.4) is 0 Å². The molecular weight excluding hydrogens is 278 g/mol. The fourth-order valence-electron chi connectivity index (χ4n) is 2.11. The summed E-state index contributed by atoms with van der Waals surface area (Å²) < 4.78 is 9.80. The molecule has 7 heteroatoms. The van der Waals surface area contributed by atoms with Crippen LogP contribution in [0.15, 0.2) is 0 Å². The fourth-order valence-corrected chi connectivity index (χ4v) is 2.11. The molecule has 1 amide bonds. The first kappa shape index (κ1) is 17.1. The van der Waals surface area contributed by atoms with E-state index in [1.54, 1.807) is 27.7 Å². The van der Waals surface area contributed by atoms with Crippen molar-refractivity contribution in [2.45, 2.75) is 46.3 Å². The van der Waals surface area contributed by atoms with Gasteiger partial charge in [-0.05, 0) is 34.6 Å². The molecule has 0 saturated carbocycles. The summed E-state index contributed by atoms with van der Waals surface area (Å²) in [5.41, 5.74) is -0.705. The van der Waals surface area contributed by atoms with Gasteiger partial charge in [-0.1, -0.05) is 0 Å². The molecule has 0 radical (unpaired) electrons. The van der Waals surface area contributed by atoms with Crippen molar-refractivity contribution in [2.24, 2.45) is 5.92 Å². The minimum Gasteiger partial charge on any atom is -0.460 e. The maximum Gasteiger partial charge on any atom is 0.410 e. The normalized spacial score (nSPS) is 22.1. The maximum atomic E-state index is 12.0. The number of carbonyl (C=O) groups excluding carboxylic acids is 4. The van der Waals surface area contributed by atoms with Crippen molar-refractivity contribution >= 4 is 23.6 Å². The lowest BCUT2D eigenvalue weighted by Gasteiger charge is -2.27. The molecule has 1 rings (SSSR count). The summed E-state index contributed by atoms with van der Waals surface area (Å²) in [6, 6.07) is -0.732. The average Bonchev–Trinajstić information content (AvgIpc) is 2.62. The zero-order chi connectivity index (χ0) is 16.4. The number of esters is 1. The average molecular weight is 299 g/mol. The Balaban J connectivity index is 2.84. The van der Waals surface area contributed by atoms with E-state index in [1.807, 2.05) is 0 Å². The number of ketones is 2. The molecule has 0 bridgehead atoms. The standard InChI is InChI=1S/C14H21NO6/c1-6-20-12(18)11(17)10-8(2)15(7-9(10)16)13(19)21-14(3,4)5/h8,10H,6-7H2,1-5H3/t8-,10?/m1/s1. The Hall–Kier alpha value is -1.92. The molecule has 7 nitrogen and oxygen atoms in total. The smallest absolute Gasteiger partial charge is 0.410 e. The van der Waals surface area contributed by atoms with E-state index in [-0.39, 0.29) is 13.2 Å². The van der Waals surface area contributed by atoms with E-state index >= 15 is 0 Å². The molecule has 118 valence electrons. The monoisotopic (exact) mass is 299 g/mol. The van der Waals surface area contributed by atoms with Gasteiger partial charge in [-0.2, -0.15) is 0 Å². The Kier molecular flexibility index (Phi) is 5.09. The van der Waals surface area contributed by atoms with Crippen LogP contribution < -0.4 is 0 Å². The molecule has 1 aliphatic heterocycles. The zero-order valence-electron chi connectivity index (χ0n) is 13.0. The highest BCUT2D eigenvalue weighted by Crippen LogP contribution is 2.24. The number of Topliss-reactive ketones (excluding diaryl/α,β-unsaturated/α-hetero) is 2. The third-order valence-corrected chi connectivity index (χ3v) is 3.03. The number of hydrogen-bond donors (Lipinski definition) is 0. The SMILES string of the molecule is CCOC(=O)C(=O)C1C(=O)CN(C(=O)OC(C)(C)C)[C@@H]1C. The van der Waals surface area contributed by atoms with Crippen molar-refractivity contribution < 1.29 is 28.7 Å². The van der Waals surface area contributed by atoms with Gasteiger partial charge >= 0.3 is 12.1 Å². The highest BCUT2D eigenvalue weighted by atomic mass is 16.6. The third kappa shape index (κ3) is 4.03. The van der Waals surface area contributed by atoms with E-state index in [9.17, 15) is 19.2 Å². The van der Waals surface area contributed by atoms with E-state index < -0.39 is 41.2 Å². The van der Waals surface area contributed by atoms with Crippen molar-refractivity contribution in [3.05, 3.63) is 0 Å². The minimum atomic E-state index is -1.18. The molecule has 1 heterocycles. The van der Waals surface area contributed by atoms with Crippen molar-refractivity contribution in [1.82, 2.24) is 4.90 Å². The van der Waals surface area contributed by atoms with Crippen LogP contribution in [0, 0.1) is 5.92 Å². The highest BCUT2D eigenvalue weighted by molar-refractivity contribution is 6.39. The minimum absolute atomic E-state index is 0.0512. The van der Waals surface area contributed by atoms with Gasteiger partial charge in [0.05, 0.1) is 19.2 Å². The molecule has 0 N–H and O–H groups in total. The summed E-state index contributed by atoms with van der Waals surface area (Å²) in [4.78, 5) is 48.5. The first-order valence-electron chi connectivity index (χ1n) is 6.81. The lowest BCUT2D eigenvalue weighted by atomic mass is 9.95. The summed E-state index contributed by atoms with van der Waals surface area (Å²) in [6.07, 6.45) is -0.678. The maximum absolute atomic E-state index is 12.0. The molecule has 0 aromatic heterocycles. The number of amides is 1. The van der Waals surface area contributed by atoms with Crippen LogP contribution in [-0.4, -0.2) is 53.3 Å². The number of nitrogens with zero attached hydrogens (tertiary/aromatic N) is 1. The van der Waals surface area contributed by atoms with Crippen molar-refractivity contribution in [3.8, 4) is 0 Å². The topological polar surface area (TPSA) is 90.0 Å². The van der Waals surface area contributed by atoms with E-state index in [4.69, 9.17) is 4.74 Å². The first-order valence-corrected chi connectivity index (χ1v) is 6.81. The summed E-state index contributed by atoms with van der Waals surface area (Å²) in [5.74, 6) is -3.63. The number of hydrogen-bond acceptors (Lipinski definition) is 6. The molecule has 0 aromatic rings. The second-order valence-corrected chi connectivity index (χ2v) is 5.88. The zero-order valence-corrected chi connectivity index (χ0v) is 13.0. The van der Waals surface area contributed by atoms with Crippen molar-refractivity contribution in [2.75, 3.05) is 13.2 Å². The van der Waals surface area contributed by atoms with E-state index in [1.165, 1.54) is 6.92 Å². The number of rotatable bonds is 3. The van der Waals surface area contributed by atoms with Crippen LogP contribution in [-0.2, 0) is 23.9 Å². The molecule has 2 atom stereocenters. The van der Waals surface area contributed by atoms with Gasteiger partial charge in [0.2, 0.25) is 0 Å². The fraction of sp³-hybridized carbons (Fsp3) is 0.714. The van der Waals surface area contributed by atoms with Crippen molar-refractivity contribution in [1.29, 1.82) is 0 Å². The lowest BCUT2D eigenvalue weighted by Crippen LogP contribution is -2.42. The van der Waals surface area contributed by atoms with Gasteiger partial charge in [-0.25, -0.2) is 9.59 Å². The third-order valence-electron chi connectivity index (χ3n) is 3.03. The second kappa shape index (κ2) is 6.24. The Morgan fingerprint density at radius 2 is 1.86 bits per heavy atom. The Labute approximate surface area is 123 Å². The molecule has 1 fully saturated rings. The van der Waals surface area contributed by atoms with Gasteiger partial charge in [-0.3, -0.25) is 14.5 Å². The predicted molar refractivity (Wildman–Crippen MR) is 72.5 cm³/mol. The Morgan fingerprint density at radius 1 is 1.29 bits per heavy atom. The summed E-state index contributed by atoms with van der Waals surface area (Å²) in [5, 5.41) is 0. The van der Waals surface area contributed by atoms with Gasteiger partial charge < -0.3 is 9.47 Å². The summed E-state index contributed by atoms with van der Waals surface area (Å²) >= 11 is 0. The van der Waals surface area contributed by atoms with Crippen LogP contribution >= 0.6 is 0 Å². The largest absolute Gasteiger partial charge is 0.460 e. The highest BCUT2D eigenvalue weighted by Gasteiger charge is 2.48. The van der Waals surface area contributed by atoms with Gasteiger partial charge in [-0.15, -0.1) is 0 Å². The molecular formula is C14H21NO6. The molecule has 0 aromatic carbocycles. The molecule has 21 heavy (non-hydrogen) atoms. The predicted octanol–water partition coefficient (Wildman–Crippen LogP) is 0.943. The van der Waals surface area contributed by atoms with Crippen LogP contribution in [0.5, 0.6) is 0 Å². The van der Waals surface area contributed by atoms with Crippen LogP contribution in [0.25, 0.3) is 0 Å². The number of carbonyl (C=O) groups is 4. The van der Waals surface area contributed by atoms with E-state index in [2.05, 4.69) is 4.74 Å². The van der Waals surface area contributed by atoms with Crippen molar-refractivity contribution in [3.63, 3.8) is 0 Å². The second-order valence-electron chi connectivity index (χ2n) is 5.88. The Bertz CT molecular complexity index is 465. The molecule has 0 aliphatic carbocycles. The molecule has 1 unspecified atom stereocenters. The van der Waals surface area contributed by atoms with Crippen LogP contribution in [0.2, 0.25) is 0 Å². The van der Waals surface area contributed by atoms with Gasteiger partial charge in [0.15, 0.2) is 5.78 Å². The quantitative estimate of drug-likeness (QED) is 0.438. The van der Waals surface area contributed by atoms with Crippen LogP contribution in [0.4, 0.5) is 4.79 Å². The van der Waals surface area contributed by atoms with Crippen LogP contribution in [0.1, 0.15) is 34.6 Å². The molecule has 0 spiro atoms. The molecule has 1 saturated heterocycles. The van der Waals surface area contributed by atoms with Gasteiger partial charge in [0, 0.05) is 0 Å². The number of ether oxygens (including phenoxy) is 2. The van der Waals surface area contributed by atoms with E-state index in [0.717, 1.165) is 4.90 Å². The summed E-state index contributed by atoms with van der Waals surface area (Å²) in [7, 11) is 0. The van der Waals surface area contributed by atoms with Gasteiger partial charge in [0.25, 0.3) is 5.78 Å². The molecule has 1 aliphatic rings.